The van der Waals surface area contributed by atoms with E-state index in [0.717, 1.165) is 16.7 Å². The van der Waals surface area contributed by atoms with Gasteiger partial charge < -0.3 is 4.74 Å². The minimum atomic E-state index is -0.418. The zero-order chi connectivity index (χ0) is 14.5. The SMILES string of the molecule is Cc1cccc(OC(=O)C=Cc2ccccc2Cl)c1C. The van der Waals surface area contributed by atoms with E-state index in [1.165, 1.54) is 6.08 Å². The van der Waals surface area contributed by atoms with Crippen molar-refractivity contribution in [1.82, 2.24) is 0 Å². The molecule has 0 radical (unpaired) electrons. The van der Waals surface area contributed by atoms with Crippen LogP contribution in [-0.4, -0.2) is 5.97 Å². The maximum absolute atomic E-state index is 11.8. The molecular formula is C17H15ClO2. The average Bonchev–Trinajstić information content (AvgIpc) is 2.43. The van der Waals surface area contributed by atoms with E-state index in [-0.39, 0.29) is 0 Å². The maximum Gasteiger partial charge on any atom is 0.336 e. The zero-order valence-electron chi connectivity index (χ0n) is 11.4. The number of ether oxygens (including phenoxy) is 1. The molecule has 0 unspecified atom stereocenters. The molecule has 0 N–H and O–H groups in total. The van der Waals surface area contributed by atoms with E-state index >= 15 is 0 Å². The Balaban J connectivity index is 2.10. The van der Waals surface area contributed by atoms with Crippen molar-refractivity contribution in [3.63, 3.8) is 0 Å². The lowest BCUT2D eigenvalue weighted by Gasteiger charge is -2.07. The topological polar surface area (TPSA) is 26.3 Å². The van der Waals surface area contributed by atoms with Crippen molar-refractivity contribution in [2.75, 3.05) is 0 Å². The third-order valence-electron chi connectivity index (χ3n) is 3.07. The van der Waals surface area contributed by atoms with Gasteiger partial charge in [0.15, 0.2) is 0 Å². The lowest BCUT2D eigenvalue weighted by atomic mass is 10.1. The van der Waals surface area contributed by atoms with E-state index in [0.29, 0.717) is 10.8 Å². The van der Waals surface area contributed by atoms with Crippen LogP contribution in [0.25, 0.3) is 6.08 Å². The molecule has 0 aliphatic heterocycles. The van der Waals surface area contributed by atoms with Gasteiger partial charge in [0, 0.05) is 11.1 Å². The third-order valence-corrected chi connectivity index (χ3v) is 3.41. The molecule has 102 valence electrons. The Labute approximate surface area is 123 Å². The number of carbonyl (C=O) groups is 1. The second-order valence-electron chi connectivity index (χ2n) is 4.47. The Kier molecular flexibility index (Phi) is 4.59. The fourth-order valence-corrected chi connectivity index (χ4v) is 1.94. The Hall–Kier alpha value is -2.06. The van der Waals surface area contributed by atoms with Gasteiger partial charge in [0.25, 0.3) is 0 Å². The molecule has 2 aromatic rings. The first-order chi connectivity index (χ1) is 9.58. The zero-order valence-corrected chi connectivity index (χ0v) is 12.1. The molecule has 20 heavy (non-hydrogen) atoms. The summed E-state index contributed by atoms with van der Waals surface area (Å²) in [6.45, 7) is 3.90. The molecule has 0 amide bonds. The summed E-state index contributed by atoms with van der Waals surface area (Å²) in [6.07, 6.45) is 3.03. The van der Waals surface area contributed by atoms with Gasteiger partial charge in [0.2, 0.25) is 0 Å². The summed E-state index contributed by atoms with van der Waals surface area (Å²) in [5.41, 5.74) is 2.84. The molecule has 2 nitrogen and oxygen atoms in total. The van der Waals surface area contributed by atoms with Crippen LogP contribution in [0.1, 0.15) is 16.7 Å². The molecule has 0 saturated heterocycles. The Morgan fingerprint density at radius 2 is 1.85 bits per heavy atom. The predicted octanol–water partition coefficient (Wildman–Crippen LogP) is 4.58. The van der Waals surface area contributed by atoms with Crippen molar-refractivity contribution in [3.05, 3.63) is 70.3 Å². The number of esters is 1. The highest BCUT2D eigenvalue weighted by Gasteiger charge is 2.05. The molecule has 2 aromatic carbocycles. The summed E-state index contributed by atoms with van der Waals surface area (Å²) in [4.78, 5) is 11.8. The molecule has 0 aliphatic carbocycles. The highest BCUT2D eigenvalue weighted by Crippen LogP contribution is 2.21. The summed E-state index contributed by atoms with van der Waals surface area (Å²) in [5, 5.41) is 0.600. The van der Waals surface area contributed by atoms with Crippen LogP contribution in [0.5, 0.6) is 5.75 Å². The summed E-state index contributed by atoms with van der Waals surface area (Å²) in [6, 6.07) is 12.9. The first kappa shape index (κ1) is 14.4. The van der Waals surface area contributed by atoms with Crippen molar-refractivity contribution in [1.29, 1.82) is 0 Å². The van der Waals surface area contributed by atoms with Gasteiger partial charge in [-0.2, -0.15) is 0 Å². The van der Waals surface area contributed by atoms with Crippen LogP contribution >= 0.6 is 11.6 Å². The van der Waals surface area contributed by atoms with Gasteiger partial charge in [-0.05, 0) is 48.7 Å². The van der Waals surface area contributed by atoms with Crippen LogP contribution in [0.2, 0.25) is 5.02 Å². The minimum absolute atomic E-state index is 0.418. The molecule has 0 bridgehead atoms. The average molecular weight is 287 g/mol. The van der Waals surface area contributed by atoms with Crippen LogP contribution in [0, 0.1) is 13.8 Å². The first-order valence-electron chi connectivity index (χ1n) is 6.28. The van der Waals surface area contributed by atoms with Crippen molar-refractivity contribution in [3.8, 4) is 5.75 Å². The number of hydrogen-bond acceptors (Lipinski definition) is 2. The largest absolute Gasteiger partial charge is 0.423 e. The molecular weight excluding hydrogens is 272 g/mol. The van der Waals surface area contributed by atoms with Crippen LogP contribution in [0.3, 0.4) is 0 Å². The first-order valence-corrected chi connectivity index (χ1v) is 6.66. The van der Waals surface area contributed by atoms with Gasteiger partial charge in [0.05, 0.1) is 0 Å². The van der Waals surface area contributed by atoms with E-state index in [1.807, 2.05) is 44.2 Å². The molecule has 3 heteroatoms. The number of aryl methyl sites for hydroxylation is 1. The summed E-state index contributed by atoms with van der Waals surface area (Å²) < 4.78 is 5.32. The quantitative estimate of drug-likeness (QED) is 0.469. The summed E-state index contributed by atoms with van der Waals surface area (Å²) >= 11 is 6.01. The molecule has 0 aromatic heterocycles. The normalized spacial score (nSPS) is 10.8. The number of rotatable bonds is 3. The Morgan fingerprint density at radius 1 is 1.10 bits per heavy atom. The molecule has 0 saturated carbocycles. The van der Waals surface area contributed by atoms with Gasteiger partial charge in [-0.3, -0.25) is 0 Å². The van der Waals surface area contributed by atoms with Crippen LogP contribution in [-0.2, 0) is 4.79 Å². The van der Waals surface area contributed by atoms with E-state index in [2.05, 4.69) is 0 Å². The minimum Gasteiger partial charge on any atom is -0.423 e. The molecule has 0 heterocycles. The van der Waals surface area contributed by atoms with E-state index in [4.69, 9.17) is 16.3 Å². The van der Waals surface area contributed by atoms with Crippen molar-refractivity contribution >= 4 is 23.6 Å². The van der Waals surface area contributed by atoms with Crippen molar-refractivity contribution < 1.29 is 9.53 Å². The monoisotopic (exact) mass is 286 g/mol. The standard InChI is InChI=1S/C17H15ClO2/c1-12-6-5-9-16(13(12)2)20-17(19)11-10-14-7-3-4-8-15(14)18/h3-11H,1-2H3. The number of hydrogen-bond donors (Lipinski definition) is 0. The van der Waals surface area contributed by atoms with Crippen molar-refractivity contribution in [2.45, 2.75) is 13.8 Å². The van der Waals surface area contributed by atoms with Gasteiger partial charge in [0.1, 0.15) is 5.75 Å². The lowest BCUT2D eigenvalue weighted by Crippen LogP contribution is -2.05. The fraction of sp³-hybridized carbons (Fsp3) is 0.118. The summed E-state index contributed by atoms with van der Waals surface area (Å²) in [7, 11) is 0. The smallest absolute Gasteiger partial charge is 0.336 e. The van der Waals surface area contributed by atoms with E-state index in [1.54, 1.807) is 18.2 Å². The highest BCUT2D eigenvalue weighted by atomic mass is 35.5. The second kappa shape index (κ2) is 6.40. The van der Waals surface area contributed by atoms with E-state index in [9.17, 15) is 4.79 Å². The summed E-state index contributed by atoms with van der Waals surface area (Å²) in [5.74, 6) is 0.164. The van der Waals surface area contributed by atoms with Gasteiger partial charge in [-0.25, -0.2) is 4.79 Å². The Bertz CT molecular complexity index is 660. The van der Waals surface area contributed by atoms with Gasteiger partial charge in [-0.1, -0.05) is 41.9 Å². The number of carbonyl (C=O) groups excluding carboxylic acids is 1. The Morgan fingerprint density at radius 3 is 2.60 bits per heavy atom. The number of halogens is 1. The number of benzene rings is 2. The molecule has 0 fully saturated rings. The molecule has 0 spiro atoms. The van der Waals surface area contributed by atoms with E-state index < -0.39 is 5.97 Å². The van der Waals surface area contributed by atoms with Crippen LogP contribution < -0.4 is 4.74 Å². The molecule has 2 rings (SSSR count). The highest BCUT2D eigenvalue weighted by molar-refractivity contribution is 6.32. The van der Waals surface area contributed by atoms with Gasteiger partial charge >= 0.3 is 5.97 Å². The second-order valence-corrected chi connectivity index (χ2v) is 4.88. The lowest BCUT2D eigenvalue weighted by molar-refractivity contribution is -0.128. The molecule has 0 aliphatic rings. The third kappa shape index (κ3) is 3.49. The van der Waals surface area contributed by atoms with Crippen LogP contribution in [0.15, 0.2) is 48.5 Å². The van der Waals surface area contributed by atoms with Crippen LogP contribution in [0.4, 0.5) is 0 Å². The predicted molar refractivity (Wildman–Crippen MR) is 82.0 cm³/mol. The fourth-order valence-electron chi connectivity index (χ4n) is 1.75. The molecule has 0 atom stereocenters. The van der Waals surface area contributed by atoms with Crippen molar-refractivity contribution in [2.24, 2.45) is 0 Å². The maximum atomic E-state index is 11.8. The van der Waals surface area contributed by atoms with Gasteiger partial charge in [-0.15, -0.1) is 0 Å².